The number of benzene rings is 1. The first kappa shape index (κ1) is 18.6. The van der Waals surface area contributed by atoms with Gasteiger partial charge >= 0.3 is 0 Å². The SMILES string of the molecule is CSc1ccc(/C=N\NC(=O)c2nnn(-c3nonc3N)c2C(C)C)cc1. The molecule has 0 saturated carbocycles. The molecule has 140 valence electrons. The normalized spacial score (nSPS) is 11.4. The molecule has 0 spiro atoms. The molecule has 11 heteroatoms. The Balaban J connectivity index is 1.79. The molecule has 0 bridgehead atoms. The third-order valence-corrected chi connectivity index (χ3v) is 4.40. The first-order valence-corrected chi connectivity index (χ1v) is 9.25. The molecule has 3 rings (SSSR count). The van der Waals surface area contributed by atoms with E-state index in [1.807, 2.05) is 44.4 Å². The molecule has 2 aromatic heterocycles. The summed E-state index contributed by atoms with van der Waals surface area (Å²) in [5.41, 5.74) is 9.69. The molecule has 1 aromatic carbocycles. The van der Waals surface area contributed by atoms with E-state index in [2.05, 4.69) is 35.8 Å². The van der Waals surface area contributed by atoms with Crippen LogP contribution >= 0.6 is 11.8 Å². The lowest BCUT2D eigenvalue weighted by molar-refractivity contribution is 0.0948. The number of amides is 1. The highest BCUT2D eigenvalue weighted by Gasteiger charge is 2.25. The van der Waals surface area contributed by atoms with Gasteiger partial charge in [-0.25, -0.2) is 10.1 Å². The molecule has 2 heterocycles. The van der Waals surface area contributed by atoms with Gasteiger partial charge in [0.2, 0.25) is 11.6 Å². The summed E-state index contributed by atoms with van der Waals surface area (Å²) in [6, 6.07) is 7.79. The van der Waals surface area contributed by atoms with Crippen molar-refractivity contribution in [2.75, 3.05) is 12.0 Å². The zero-order valence-electron chi connectivity index (χ0n) is 14.9. The fourth-order valence-electron chi connectivity index (χ4n) is 2.37. The number of hydrazone groups is 1. The molecule has 0 radical (unpaired) electrons. The molecule has 10 nitrogen and oxygen atoms in total. The predicted molar refractivity (Wildman–Crippen MR) is 101 cm³/mol. The van der Waals surface area contributed by atoms with Crippen LogP contribution in [0.25, 0.3) is 5.82 Å². The number of nitrogens with one attached hydrogen (secondary N) is 1. The maximum atomic E-state index is 12.5. The first-order valence-electron chi connectivity index (χ1n) is 8.02. The van der Waals surface area contributed by atoms with Gasteiger partial charge in [-0.1, -0.05) is 31.2 Å². The molecular formula is C16H18N8O2S. The molecule has 3 N–H and O–H groups in total. The lowest BCUT2D eigenvalue weighted by atomic mass is 10.1. The van der Waals surface area contributed by atoms with Crippen LogP contribution in [0.5, 0.6) is 0 Å². The summed E-state index contributed by atoms with van der Waals surface area (Å²) in [5, 5.41) is 19.1. The van der Waals surface area contributed by atoms with Crippen molar-refractivity contribution in [3.63, 3.8) is 0 Å². The summed E-state index contributed by atoms with van der Waals surface area (Å²) >= 11 is 1.65. The number of carbonyl (C=O) groups excluding carboxylic acids is 1. The second-order valence-corrected chi connectivity index (χ2v) is 6.71. The number of carbonyl (C=O) groups is 1. The van der Waals surface area contributed by atoms with Crippen molar-refractivity contribution >= 4 is 29.7 Å². The third kappa shape index (κ3) is 3.97. The summed E-state index contributed by atoms with van der Waals surface area (Å²) in [5.74, 6) is -0.333. The summed E-state index contributed by atoms with van der Waals surface area (Å²) in [4.78, 5) is 13.6. The Morgan fingerprint density at radius 2 is 2.07 bits per heavy atom. The Morgan fingerprint density at radius 1 is 1.33 bits per heavy atom. The molecule has 0 fully saturated rings. The van der Waals surface area contributed by atoms with Crippen molar-refractivity contribution in [3.05, 3.63) is 41.2 Å². The fraction of sp³-hybridized carbons (Fsp3) is 0.250. The van der Waals surface area contributed by atoms with E-state index in [-0.39, 0.29) is 23.2 Å². The van der Waals surface area contributed by atoms with E-state index in [4.69, 9.17) is 5.73 Å². The minimum atomic E-state index is -0.489. The number of hydrogen-bond donors (Lipinski definition) is 2. The Labute approximate surface area is 159 Å². The summed E-state index contributed by atoms with van der Waals surface area (Å²) in [7, 11) is 0. The Kier molecular flexibility index (Phi) is 5.50. The standard InChI is InChI=1S/C16H18N8O2S/c1-9(2)13-12(19-23-24(13)15-14(17)21-26-22-15)16(25)20-18-8-10-4-6-11(27-3)7-5-10/h4-9H,1-3H3,(H2,17,21)(H,20,25)/b18-8-. The quantitative estimate of drug-likeness (QED) is 0.372. The number of nitrogen functional groups attached to an aromatic ring is 1. The Hall–Kier alpha value is -3.21. The van der Waals surface area contributed by atoms with Crippen molar-refractivity contribution in [2.45, 2.75) is 24.7 Å². The van der Waals surface area contributed by atoms with Gasteiger partial charge in [0.05, 0.1) is 11.9 Å². The predicted octanol–water partition coefficient (Wildman–Crippen LogP) is 1.84. The summed E-state index contributed by atoms with van der Waals surface area (Å²) in [6.07, 6.45) is 3.56. The number of aromatic nitrogens is 5. The maximum Gasteiger partial charge on any atom is 0.293 e. The Morgan fingerprint density at radius 3 is 2.67 bits per heavy atom. The van der Waals surface area contributed by atoms with Gasteiger partial charge in [0.1, 0.15) is 0 Å². The van der Waals surface area contributed by atoms with E-state index in [0.29, 0.717) is 5.69 Å². The van der Waals surface area contributed by atoms with E-state index in [9.17, 15) is 4.79 Å². The van der Waals surface area contributed by atoms with Crippen molar-refractivity contribution in [3.8, 4) is 5.82 Å². The number of hydrogen-bond acceptors (Lipinski definition) is 9. The average Bonchev–Trinajstić information content (AvgIpc) is 3.28. The highest BCUT2D eigenvalue weighted by molar-refractivity contribution is 7.98. The van der Waals surface area contributed by atoms with E-state index in [0.717, 1.165) is 10.5 Å². The van der Waals surface area contributed by atoms with Crippen LogP contribution in [0.3, 0.4) is 0 Å². The molecular weight excluding hydrogens is 368 g/mol. The van der Waals surface area contributed by atoms with Crippen LogP contribution in [-0.4, -0.2) is 43.7 Å². The van der Waals surface area contributed by atoms with Crippen LogP contribution in [0, 0.1) is 0 Å². The number of thioether (sulfide) groups is 1. The van der Waals surface area contributed by atoms with Gasteiger partial charge < -0.3 is 5.73 Å². The van der Waals surface area contributed by atoms with Crippen LogP contribution in [0.1, 0.15) is 41.5 Å². The van der Waals surface area contributed by atoms with Crippen LogP contribution in [0.15, 0.2) is 38.9 Å². The molecule has 3 aromatic rings. The van der Waals surface area contributed by atoms with Crippen molar-refractivity contribution in [2.24, 2.45) is 5.10 Å². The summed E-state index contributed by atoms with van der Waals surface area (Å²) < 4.78 is 5.94. The molecule has 1 amide bonds. The van der Waals surface area contributed by atoms with Crippen molar-refractivity contribution < 1.29 is 9.42 Å². The zero-order valence-corrected chi connectivity index (χ0v) is 15.8. The fourth-order valence-corrected chi connectivity index (χ4v) is 2.78. The van der Waals surface area contributed by atoms with Gasteiger partial charge in [-0.05, 0) is 40.2 Å². The van der Waals surface area contributed by atoms with Gasteiger partial charge in [-0.2, -0.15) is 9.78 Å². The second kappa shape index (κ2) is 7.99. The monoisotopic (exact) mass is 386 g/mol. The third-order valence-electron chi connectivity index (χ3n) is 3.66. The average molecular weight is 386 g/mol. The highest BCUT2D eigenvalue weighted by Crippen LogP contribution is 2.22. The topological polar surface area (TPSA) is 137 Å². The molecule has 0 aliphatic heterocycles. The van der Waals surface area contributed by atoms with Gasteiger partial charge in [0.15, 0.2) is 5.69 Å². The minimum Gasteiger partial charge on any atom is -0.378 e. The molecule has 0 unspecified atom stereocenters. The molecule has 27 heavy (non-hydrogen) atoms. The van der Waals surface area contributed by atoms with Crippen molar-refractivity contribution in [1.29, 1.82) is 0 Å². The largest absolute Gasteiger partial charge is 0.378 e. The molecule has 0 aliphatic carbocycles. The van der Waals surface area contributed by atoms with Gasteiger partial charge in [-0.3, -0.25) is 4.79 Å². The number of nitrogens with two attached hydrogens (primary N) is 1. The number of anilines is 1. The number of rotatable bonds is 6. The van der Waals surface area contributed by atoms with Crippen LogP contribution < -0.4 is 11.2 Å². The number of nitrogens with zero attached hydrogens (tertiary/aromatic N) is 6. The van der Waals surface area contributed by atoms with Crippen LogP contribution in [-0.2, 0) is 0 Å². The van der Waals surface area contributed by atoms with Gasteiger partial charge in [0, 0.05) is 4.90 Å². The molecule has 0 aliphatic rings. The highest BCUT2D eigenvalue weighted by atomic mass is 32.2. The lowest BCUT2D eigenvalue weighted by Gasteiger charge is -2.08. The minimum absolute atomic E-state index is 0.0560. The van der Waals surface area contributed by atoms with E-state index < -0.39 is 5.91 Å². The molecule has 0 atom stereocenters. The first-order chi connectivity index (χ1) is 13.0. The summed E-state index contributed by atoms with van der Waals surface area (Å²) in [6.45, 7) is 3.79. The smallest absolute Gasteiger partial charge is 0.293 e. The van der Waals surface area contributed by atoms with Crippen LogP contribution in [0.4, 0.5) is 5.82 Å². The van der Waals surface area contributed by atoms with Crippen LogP contribution in [0.2, 0.25) is 0 Å². The zero-order chi connectivity index (χ0) is 19.4. The lowest BCUT2D eigenvalue weighted by Crippen LogP contribution is -2.21. The molecule has 0 saturated heterocycles. The second-order valence-electron chi connectivity index (χ2n) is 5.84. The van der Waals surface area contributed by atoms with E-state index >= 15 is 0 Å². The Bertz CT molecular complexity index is 961. The van der Waals surface area contributed by atoms with Crippen molar-refractivity contribution in [1.82, 2.24) is 30.7 Å². The van der Waals surface area contributed by atoms with Gasteiger partial charge in [0.25, 0.3) is 5.91 Å². The maximum absolute atomic E-state index is 12.5. The van der Waals surface area contributed by atoms with E-state index in [1.165, 1.54) is 4.68 Å². The van der Waals surface area contributed by atoms with Gasteiger partial charge in [-0.15, -0.1) is 16.9 Å². The van der Waals surface area contributed by atoms with E-state index in [1.54, 1.807) is 18.0 Å².